The first-order valence-electron chi connectivity index (χ1n) is 6.91. The zero-order chi connectivity index (χ0) is 16.0. The van der Waals surface area contributed by atoms with E-state index in [1.165, 1.54) is 6.92 Å². The van der Waals surface area contributed by atoms with E-state index in [0.717, 1.165) is 5.56 Å². The van der Waals surface area contributed by atoms with Crippen molar-refractivity contribution in [2.24, 2.45) is 5.92 Å². The molecule has 0 saturated carbocycles. The van der Waals surface area contributed by atoms with Crippen molar-refractivity contribution in [2.45, 2.75) is 39.7 Å². The van der Waals surface area contributed by atoms with E-state index < -0.39 is 12.0 Å². The molecule has 5 heteroatoms. The number of carboxylic acid groups (broad SMARTS) is 1. The number of aliphatic carboxylic acids is 1. The van der Waals surface area contributed by atoms with Crippen LogP contribution < -0.4 is 5.32 Å². The van der Waals surface area contributed by atoms with Crippen molar-refractivity contribution < 1.29 is 19.5 Å². The molecule has 0 saturated heterocycles. The predicted octanol–water partition coefficient (Wildman–Crippen LogP) is 2.05. The fourth-order valence-corrected chi connectivity index (χ4v) is 1.98. The van der Waals surface area contributed by atoms with Gasteiger partial charge < -0.3 is 10.4 Å². The number of rotatable bonds is 7. The first kappa shape index (κ1) is 16.9. The zero-order valence-electron chi connectivity index (χ0n) is 12.6. The molecule has 0 fully saturated rings. The average Bonchev–Trinajstić information content (AvgIpc) is 2.37. The number of nitrogens with one attached hydrogen (secondary N) is 1. The number of carboxylic acids is 1. The molecular weight excluding hydrogens is 270 g/mol. The van der Waals surface area contributed by atoms with E-state index in [2.05, 4.69) is 5.32 Å². The third-order valence-electron chi connectivity index (χ3n) is 3.07. The highest BCUT2D eigenvalue weighted by molar-refractivity contribution is 5.94. The van der Waals surface area contributed by atoms with Gasteiger partial charge in [0.2, 0.25) is 5.91 Å². The Hall–Kier alpha value is -2.17. The van der Waals surface area contributed by atoms with Crippen LogP contribution in [-0.4, -0.2) is 28.8 Å². The topological polar surface area (TPSA) is 83.5 Å². The third-order valence-corrected chi connectivity index (χ3v) is 3.07. The lowest BCUT2D eigenvalue weighted by Gasteiger charge is -2.16. The standard InChI is InChI=1S/C16H21NO4/c1-10(2)8-14(16(20)21)17-15(19)9-12-4-6-13(7-5-12)11(3)18/h4-7,10,14H,8-9H2,1-3H3,(H,17,19)(H,20,21)/t14-/m0/s1. The zero-order valence-corrected chi connectivity index (χ0v) is 12.6. The lowest BCUT2D eigenvalue weighted by atomic mass is 10.0. The summed E-state index contributed by atoms with van der Waals surface area (Å²) in [6.07, 6.45) is 0.490. The highest BCUT2D eigenvalue weighted by atomic mass is 16.4. The van der Waals surface area contributed by atoms with Crippen molar-refractivity contribution in [3.05, 3.63) is 35.4 Å². The quantitative estimate of drug-likeness (QED) is 0.753. The maximum Gasteiger partial charge on any atom is 0.326 e. The van der Waals surface area contributed by atoms with Gasteiger partial charge in [-0.05, 0) is 24.8 Å². The smallest absolute Gasteiger partial charge is 0.326 e. The van der Waals surface area contributed by atoms with Crippen LogP contribution in [0.5, 0.6) is 0 Å². The number of benzene rings is 1. The number of Topliss-reactive ketones (excluding diaryl/α,β-unsaturated/α-hetero) is 1. The minimum absolute atomic E-state index is 0.0334. The van der Waals surface area contributed by atoms with Gasteiger partial charge in [0.15, 0.2) is 5.78 Å². The molecule has 1 rings (SSSR count). The van der Waals surface area contributed by atoms with Crippen molar-refractivity contribution >= 4 is 17.7 Å². The van der Waals surface area contributed by atoms with E-state index in [9.17, 15) is 14.4 Å². The second-order valence-electron chi connectivity index (χ2n) is 5.52. The summed E-state index contributed by atoms with van der Waals surface area (Å²) in [6.45, 7) is 5.29. The van der Waals surface area contributed by atoms with Gasteiger partial charge in [0.25, 0.3) is 0 Å². The van der Waals surface area contributed by atoms with Crippen LogP contribution in [0.15, 0.2) is 24.3 Å². The van der Waals surface area contributed by atoms with Crippen molar-refractivity contribution in [3.8, 4) is 0 Å². The number of ketones is 1. The lowest BCUT2D eigenvalue weighted by Crippen LogP contribution is -2.42. The third kappa shape index (κ3) is 5.77. The van der Waals surface area contributed by atoms with Gasteiger partial charge in [-0.25, -0.2) is 4.79 Å². The molecule has 1 atom stereocenters. The summed E-state index contributed by atoms with van der Waals surface area (Å²) in [5.74, 6) is -1.21. The van der Waals surface area contributed by atoms with Crippen molar-refractivity contribution in [3.63, 3.8) is 0 Å². The molecule has 114 valence electrons. The molecule has 2 N–H and O–H groups in total. The summed E-state index contributed by atoms with van der Waals surface area (Å²) in [5, 5.41) is 11.6. The SMILES string of the molecule is CC(=O)c1ccc(CC(=O)N[C@@H](CC(C)C)C(=O)O)cc1. The molecule has 0 heterocycles. The molecule has 1 amide bonds. The molecule has 1 aromatic rings. The van der Waals surface area contributed by atoms with Gasteiger partial charge in [-0.2, -0.15) is 0 Å². The summed E-state index contributed by atoms with van der Waals surface area (Å²) >= 11 is 0. The van der Waals surface area contributed by atoms with Crippen LogP contribution in [0.2, 0.25) is 0 Å². The summed E-state index contributed by atoms with van der Waals surface area (Å²) in [6, 6.07) is 5.86. The fraction of sp³-hybridized carbons (Fsp3) is 0.438. The van der Waals surface area contributed by atoms with Crippen LogP contribution in [0.4, 0.5) is 0 Å². The largest absolute Gasteiger partial charge is 0.480 e. The first-order chi connectivity index (χ1) is 9.79. The van der Waals surface area contributed by atoms with Gasteiger partial charge in [0.1, 0.15) is 6.04 Å². The molecule has 21 heavy (non-hydrogen) atoms. The van der Waals surface area contributed by atoms with E-state index in [0.29, 0.717) is 12.0 Å². The molecule has 0 aliphatic carbocycles. The molecule has 0 aliphatic rings. The molecule has 0 bridgehead atoms. The molecule has 0 aromatic heterocycles. The molecule has 0 spiro atoms. The Kier molecular flexibility index (Phi) is 6.09. The summed E-state index contributed by atoms with van der Waals surface area (Å²) in [4.78, 5) is 34.1. The molecule has 0 radical (unpaired) electrons. The van der Waals surface area contributed by atoms with Crippen molar-refractivity contribution in [2.75, 3.05) is 0 Å². The molecule has 5 nitrogen and oxygen atoms in total. The van der Waals surface area contributed by atoms with Gasteiger partial charge in [0, 0.05) is 5.56 Å². The van der Waals surface area contributed by atoms with E-state index in [1.54, 1.807) is 24.3 Å². The van der Waals surface area contributed by atoms with Gasteiger partial charge in [0.05, 0.1) is 6.42 Å². The highest BCUT2D eigenvalue weighted by Crippen LogP contribution is 2.08. The predicted molar refractivity (Wildman–Crippen MR) is 79.2 cm³/mol. The van der Waals surface area contributed by atoms with Crippen LogP contribution >= 0.6 is 0 Å². The number of amides is 1. The number of hydrogen-bond donors (Lipinski definition) is 2. The summed E-state index contributed by atoms with van der Waals surface area (Å²) in [7, 11) is 0. The van der Waals surface area contributed by atoms with Crippen LogP contribution in [0, 0.1) is 5.92 Å². The van der Waals surface area contributed by atoms with Gasteiger partial charge in [-0.1, -0.05) is 38.1 Å². The van der Waals surface area contributed by atoms with Crippen LogP contribution in [-0.2, 0) is 16.0 Å². The van der Waals surface area contributed by atoms with E-state index in [-0.39, 0.29) is 24.0 Å². The van der Waals surface area contributed by atoms with Gasteiger partial charge >= 0.3 is 5.97 Å². The second-order valence-corrected chi connectivity index (χ2v) is 5.52. The number of carbonyl (C=O) groups is 3. The highest BCUT2D eigenvalue weighted by Gasteiger charge is 2.20. The Morgan fingerprint density at radius 1 is 1.14 bits per heavy atom. The molecule has 1 aromatic carbocycles. The van der Waals surface area contributed by atoms with Crippen molar-refractivity contribution in [1.82, 2.24) is 5.32 Å². The Morgan fingerprint density at radius 3 is 2.14 bits per heavy atom. The minimum Gasteiger partial charge on any atom is -0.480 e. The Balaban J connectivity index is 2.63. The maximum atomic E-state index is 11.9. The lowest BCUT2D eigenvalue weighted by molar-refractivity contribution is -0.142. The minimum atomic E-state index is -1.02. The van der Waals surface area contributed by atoms with E-state index in [1.807, 2.05) is 13.8 Å². The Bertz CT molecular complexity index is 520. The number of carbonyl (C=O) groups excluding carboxylic acids is 2. The molecule has 0 aliphatic heterocycles. The normalized spacial score (nSPS) is 12.0. The van der Waals surface area contributed by atoms with Gasteiger partial charge in [-0.3, -0.25) is 9.59 Å². The van der Waals surface area contributed by atoms with Crippen molar-refractivity contribution in [1.29, 1.82) is 0 Å². The monoisotopic (exact) mass is 291 g/mol. The summed E-state index contributed by atoms with van der Waals surface area (Å²) in [5.41, 5.74) is 1.33. The van der Waals surface area contributed by atoms with Crippen LogP contribution in [0.1, 0.15) is 43.1 Å². The van der Waals surface area contributed by atoms with Crippen LogP contribution in [0.3, 0.4) is 0 Å². The Labute approximate surface area is 124 Å². The maximum absolute atomic E-state index is 11.9. The first-order valence-corrected chi connectivity index (χ1v) is 6.91. The second kappa shape index (κ2) is 7.57. The molecular formula is C16H21NO4. The summed E-state index contributed by atoms with van der Waals surface area (Å²) < 4.78 is 0. The Morgan fingerprint density at radius 2 is 1.71 bits per heavy atom. The molecule has 0 unspecified atom stereocenters. The van der Waals surface area contributed by atoms with Gasteiger partial charge in [-0.15, -0.1) is 0 Å². The van der Waals surface area contributed by atoms with E-state index >= 15 is 0 Å². The van der Waals surface area contributed by atoms with Crippen LogP contribution in [0.25, 0.3) is 0 Å². The van der Waals surface area contributed by atoms with E-state index in [4.69, 9.17) is 5.11 Å². The average molecular weight is 291 g/mol. The fourth-order valence-electron chi connectivity index (χ4n) is 1.98. The number of hydrogen-bond acceptors (Lipinski definition) is 3.